The number of hydrogen-bond acceptors (Lipinski definition) is 3. The van der Waals surface area contributed by atoms with Gasteiger partial charge in [-0.05, 0) is 12.8 Å². The molecule has 0 aromatic carbocycles. The number of nitrogens with zero attached hydrogens (tertiary/aromatic N) is 1. The molecule has 1 N–H and O–H groups in total. The molecule has 0 spiro atoms. The number of rotatable bonds is 6. The molecule has 1 rings (SSSR count). The quantitative estimate of drug-likeness (QED) is 0.543. The van der Waals surface area contributed by atoms with Crippen molar-refractivity contribution in [2.75, 3.05) is 6.54 Å². The third-order valence-corrected chi connectivity index (χ3v) is 2.85. The number of carboxylic acid groups (broad SMARTS) is 1. The summed E-state index contributed by atoms with van der Waals surface area (Å²) in [6, 6.07) is 0. The van der Waals surface area contributed by atoms with E-state index in [1.54, 1.807) is 6.92 Å². The van der Waals surface area contributed by atoms with E-state index in [0.29, 0.717) is 32.2 Å². The summed E-state index contributed by atoms with van der Waals surface area (Å²) in [6.07, 6.45) is 2.65. The maximum Gasteiger partial charge on any atom is 0.306 e. The summed E-state index contributed by atoms with van der Waals surface area (Å²) in [5, 5.41) is 8.66. The van der Waals surface area contributed by atoms with E-state index in [4.69, 9.17) is 5.11 Å². The van der Waals surface area contributed by atoms with Crippen LogP contribution in [0, 0.1) is 5.92 Å². The molecule has 1 aliphatic heterocycles. The largest absolute Gasteiger partial charge is 0.481 e. The number of imide groups is 1. The Labute approximate surface area is 94.4 Å². The summed E-state index contributed by atoms with van der Waals surface area (Å²) in [5.74, 6) is -1.36. The Hall–Kier alpha value is -1.39. The van der Waals surface area contributed by atoms with Gasteiger partial charge in [-0.2, -0.15) is 0 Å². The summed E-state index contributed by atoms with van der Waals surface area (Å²) in [7, 11) is 0. The number of carbonyl (C=O) groups excluding carboxylic acids is 2. The van der Waals surface area contributed by atoms with Crippen molar-refractivity contribution in [3.63, 3.8) is 0 Å². The van der Waals surface area contributed by atoms with Gasteiger partial charge in [0.25, 0.3) is 0 Å². The van der Waals surface area contributed by atoms with Crippen LogP contribution in [-0.2, 0) is 14.4 Å². The number of likely N-dealkylation sites (tertiary alicyclic amines) is 1. The van der Waals surface area contributed by atoms with Gasteiger partial charge in [-0.3, -0.25) is 19.3 Å². The number of hydrogen-bond donors (Lipinski definition) is 1. The predicted octanol–water partition coefficient (Wildman–Crippen LogP) is 1.03. The minimum Gasteiger partial charge on any atom is -0.481 e. The Morgan fingerprint density at radius 3 is 2.38 bits per heavy atom. The van der Waals surface area contributed by atoms with Gasteiger partial charge in [0.2, 0.25) is 11.8 Å². The van der Waals surface area contributed by atoms with Crippen LogP contribution in [0.5, 0.6) is 0 Å². The first-order chi connectivity index (χ1) is 7.52. The Bertz CT molecular complexity index is 284. The van der Waals surface area contributed by atoms with Crippen molar-refractivity contribution in [3.8, 4) is 0 Å². The number of unbranched alkanes of at least 4 members (excludes halogenated alkanes) is 1. The lowest BCUT2D eigenvalue weighted by Gasteiger charge is -2.13. The third kappa shape index (κ3) is 3.32. The molecule has 1 heterocycles. The molecule has 0 aromatic rings. The fourth-order valence-corrected chi connectivity index (χ4v) is 1.72. The molecular formula is C11H17NO4. The highest BCUT2D eigenvalue weighted by atomic mass is 16.4. The maximum atomic E-state index is 11.2. The van der Waals surface area contributed by atoms with E-state index in [2.05, 4.69) is 0 Å². The molecule has 0 aromatic heterocycles. The Morgan fingerprint density at radius 2 is 1.88 bits per heavy atom. The van der Waals surface area contributed by atoms with E-state index in [9.17, 15) is 14.4 Å². The standard InChI is InChI=1S/C11H17NO4/c1-8(11(15)16)4-2-3-7-12-9(13)5-6-10(12)14/h8H,2-7H2,1H3,(H,15,16). The van der Waals surface area contributed by atoms with E-state index >= 15 is 0 Å². The SMILES string of the molecule is CC(CCCCN1C(=O)CCC1=O)C(=O)O. The fraction of sp³-hybridized carbons (Fsp3) is 0.727. The minimum absolute atomic E-state index is 0.101. The molecule has 1 unspecified atom stereocenters. The van der Waals surface area contributed by atoms with Crippen molar-refractivity contribution in [2.24, 2.45) is 5.92 Å². The molecule has 1 fully saturated rings. The molecule has 1 saturated heterocycles. The van der Waals surface area contributed by atoms with Gasteiger partial charge in [0.05, 0.1) is 5.92 Å². The lowest BCUT2D eigenvalue weighted by molar-refractivity contribution is -0.142. The van der Waals surface area contributed by atoms with Gasteiger partial charge in [0.15, 0.2) is 0 Å². The minimum atomic E-state index is -0.798. The average molecular weight is 227 g/mol. The first-order valence-electron chi connectivity index (χ1n) is 5.58. The van der Waals surface area contributed by atoms with Crippen molar-refractivity contribution in [3.05, 3.63) is 0 Å². The molecule has 5 heteroatoms. The second kappa shape index (κ2) is 5.63. The molecule has 0 aliphatic carbocycles. The van der Waals surface area contributed by atoms with Crippen LogP contribution in [0.15, 0.2) is 0 Å². The van der Waals surface area contributed by atoms with Crippen LogP contribution in [0.4, 0.5) is 0 Å². The first kappa shape index (κ1) is 12.7. The molecule has 2 amide bonds. The summed E-state index contributed by atoms with van der Waals surface area (Å²) < 4.78 is 0. The lowest BCUT2D eigenvalue weighted by Crippen LogP contribution is -2.30. The van der Waals surface area contributed by atoms with Gasteiger partial charge in [-0.25, -0.2) is 0 Å². The smallest absolute Gasteiger partial charge is 0.306 e. The highest BCUT2D eigenvalue weighted by Gasteiger charge is 2.27. The predicted molar refractivity (Wildman–Crippen MR) is 56.6 cm³/mol. The van der Waals surface area contributed by atoms with E-state index < -0.39 is 5.97 Å². The summed E-state index contributed by atoms with van der Waals surface area (Å²) in [6.45, 7) is 2.10. The van der Waals surface area contributed by atoms with Gasteiger partial charge in [-0.1, -0.05) is 13.3 Å². The van der Waals surface area contributed by atoms with Gasteiger partial charge >= 0.3 is 5.97 Å². The highest BCUT2D eigenvalue weighted by Crippen LogP contribution is 2.14. The van der Waals surface area contributed by atoms with Crippen molar-refractivity contribution in [1.82, 2.24) is 4.90 Å². The Morgan fingerprint density at radius 1 is 1.31 bits per heavy atom. The second-order valence-corrected chi connectivity index (χ2v) is 4.17. The monoisotopic (exact) mass is 227 g/mol. The maximum absolute atomic E-state index is 11.2. The van der Waals surface area contributed by atoms with Crippen LogP contribution in [0.3, 0.4) is 0 Å². The zero-order chi connectivity index (χ0) is 12.1. The lowest BCUT2D eigenvalue weighted by atomic mass is 10.0. The van der Waals surface area contributed by atoms with Crippen LogP contribution >= 0.6 is 0 Å². The van der Waals surface area contributed by atoms with Gasteiger partial charge in [0.1, 0.15) is 0 Å². The summed E-state index contributed by atoms with van der Waals surface area (Å²) >= 11 is 0. The van der Waals surface area contributed by atoms with Crippen LogP contribution in [-0.4, -0.2) is 34.3 Å². The number of aliphatic carboxylic acids is 1. The Kier molecular flexibility index (Phi) is 4.46. The molecule has 0 bridgehead atoms. The zero-order valence-corrected chi connectivity index (χ0v) is 9.44. The van der Waals surface area contributed by atoms with Crippen molar-refractivity contribution >= 4 is 17.8 Å². The number of carbonyl (C=O) groups is 3. The summed E-state index contributed by atoms with van der Waals surface area (Å²) in [4.78, 5) is 34.3. The van der Waals surface area contributed by atoms with Crippen LogP contribution in [0.2, 0.25) is 0 Å². The van der Waals surface area contributed by atoms with Crippen LogP contribution in [0.1, 0.15) is 39.0 Å². The fourth-order valence-electron chi connectivity index (χ4n) is 1.72. The van der Waals surface area contributed by atoms with Gasteiger partial charge in [-0.15, -0.1) is 0 Å². The first-order valence-corrected chi connectivity index (χ1v) is 5.58. The van der Waals surface area contributed by atoms with Crippen molar-refractivity contribution < 1.29 is 19.5 Å². The molecule has 1 atom stereocenters. The molecule has 1 aliphatic rings. The number of amides is 2. The van der Waals surface area contributed by atoms with E-state index in [1.165, 1.54) is 4.90 Å². The average Bonchev–Trinajstić information content (AvgIpc) is 2.54. The zero-order valence-electron chi connectivity index (χ0n) is 9.44. The summed E-state index contributed by atoms with van der Waals surface area (Å²) in [5.41, 5.74) is 0. The normalized spacial score (nSPS) is 17.9. The van der Waals surface area contributed by atoms with Gasteiger partial charge < -0.3 is 5.11 Å². The molecule has 16 heavy (non-hydrogen) atoms. The molecular weight excluding hydrogens is 210 g/mol. The van der Waals surface area contributed by atoms with Crippen LogP contribution in [0.25, 0.3) is 0 Å². The van der Waals surface area contributed by atoms with Crippen molar-refractivity contribution in [1.29, 1.82) is 0 Å². The highest BCUT2D eigenvalue weighted by molar-refractivity contribution is 6.01. The van der Waals surface area contributed by atoms with E-state index in [0.717, 1.165) is 6.42 Å². The third-order valence-electron chi connectivity index (χ3n) is 2.85. The van der Waals surface area contributed by atoms with Crippen molar-refractivity contribution in [2.45, 2.75) is 39.0 Å². The molecule has 0 radical (unpaired) electrons. The number of carboxylic acids is 1. The van der Waals surface area contributed by atoms with Gasteiger partial charge in [0, 0.05) is 19.4 Å². The van der Waals surface area contributed by atoms with E-state index in [-0.39, 0.29) is 17.7 Å². The molecule has 0 saturated carbocycles. The van der Waals surface area contributed by atoms with E-state index in [1.807, 2.05) is 0 Å². The topological polar surface area (TPSA) is 74.7 Å². The van der Waals surface area contributed by atoms with Crippen LogP contribution < -0.4 is 0 Å². The second-order valence-electron chi connectivity index (χ2n) is 4.17. The molecule has 90 valence electrons. The Balaban J connectivity index is 2.18. The molecule has 5 nitrogen and oxygen atoms in total.